The van der Waals surface area contributed by atoms with Crippen molar-refractivity contribution >= 4 is 41.4 Å². The summed E-state index contributed by atoms with van der Waals surface area (Å²) in [5.41, 5.74) is 6.72. The molecular formula is C39H61N7O8. The van der Waals surface area contributed by atoms with Gasteiger partial charge in [-0.25, -0.2) is 4.79 Å². The summed E-state index contributed by atoms with van der Waals surface area (Å²) in [6.45, 7) is 16.9. The number of amides is 6. The van der Waals surface area contributed by atoms with E-state index in [-0.39, 0.29) is 18.0 Å². The average Bonchev–Trinajstić information content (AvgIpc) is 3.13. The maximum atomic E-state index is 14.1. The van der Waals surface area contributed by atoms with E-state index in [1.165, 1.54) is 19.9 Å². The molecule has 15 heteroatoms. The van der Waals surface area contributed by atoms with Crippen molar-refractivity contribution in [1.82, 2.24) is 31.9 Å². The lowest BCUT2D eigenvalue weighted by molar-refractivity contribution is -0.157. The second-order valence-electron chi connectivity index (χ2n) is 14.8. The Kier molecular flexibility index (Phi) is 17.8. The van der Waals surface area contributed by atoms with Crippen LogP contribution in [-0.4, -0.2) is 83.8 Å². The van der Waals surface area contributed by atoms with Gasteiger partial charge in [0.1, 0.15) is 42.0 Å². The van der Waals surface area contributed by atoms with Crippen molar-refractivity contribution in [2.75, 3.05) is 0 Å². The van der Waals surface area contributed by atoms with E-state index in [0.29, 0.717) is 12.8 Å². The summed E-state index contributed by atoms with van der Waals surface area (Å²) in [5.74, 6) is -6.94. The molecule has 54 heavy (non-hydrogen) atoms. The fraction of sp³-hybridized carbons (Fsp3) is 0.615. The Bertz CT molecular complexity index is 1520. The summed E-state index contributed by atoms with van der Waals surface area (Å²) >= 11 is 0. The van der Waals surface area contributed by atoms with Gasteiger partial charge in [-0.1, -0.05) is 105 Å². The Morgan fingerprint density at radius 1 is 0.796 bits per heavy atom. The number of benzene rings is 1. The molecular weight excluding hydrogens is 694 g/mol. The second kappa shape index (κ2) is 21.2. The molecule has 1 saturated heterocycles. The van der Waals surface area contributed by atoms with Crippen LogP contribution >= 0.6 is 0 Å². The number of allylic oxidation sites excluding steroid dienone is 1. The van der Waals surface area contributed by atoms with Gasteiger partial charge in [0, 0.05) is 6.42 Å². The molecule has 0 radical (unpaired) electrons. The Hall–Kier alpha value is -4.79. The minimum atomic E-state index is -1.50. The van der Waals surface area contributed by atoms with Crippen molar-refractivity contribution in [3.63, 3.8) is 0 Å². The Morgan fingerprint density at radius 3 is 1.91 bits per heavy atom. The van der Waals surface area contributed by atoms with Gasteiger partial charge < -0.3 is 42.4 Å². The largest absolute Gasteiger partial charge is 0.458 e. The predicted molar refractivity (Wildman–Crippen MR) is 204 cm³/mol. The molecule has 15 nitrogen and oxygen atoms in total. The summed E-state index contributed by atoms with van der Waals surface area (Å²) < 4.78 is 5.74. The first-order valence-electron chi connectivity index (χ1n) is 18.9. The maximum absolute atomic E-state index is 14.1. The van der Waals surface area contributed by atoms with Crippen molar-refractivity contribution in [1.29, 1.82) is 0 Å². The van der Waals surface area contributed by atoms with E-state index in [4.69, 9.17) is 10.5 Å². The zero-order chi connectivity index (χ0) is 40.9. The molecule has 9 atom stereocenters. The molecule has 0 saturated carbocycles. The van der Waals surface area contributed by atoms with E-state index in [0.717, 1.165) is 5.56 Å². The number of carbonyl (C=O) groups excluding carboxylic acids is 7. The van der Waals surface area contributed by atoms with Gasteiger partial charge in [-0.15, -0.1) is 0 Å². The molecule has 1 aromatic rings. The van der Waals surface area contributed by atoms with Crippen LogP contribution < -0.4 is 37.6 Å². The van der Waals surface area contributed by atoms with Gasteiger partial charge in [0.25, 0.3) is 5.91 Å². The minimum absolute atomic E-state index is 0.0496. The van der Waals surface area contributed by atoms with Crippen molar-refractivity contribution in [3.05, 3.63) is 47.7 Å². The molecule has 1 aromatic carbocycles. The standard InChI is InChI=1S/C39H61N7O8/c1-11-22(8)28(40)35(49)46-32-24(10)54-39(53)30(21(6)7)44-33(47)26(13-3)41-34(48)27(19-25-17-15-14-16-18-25)42-36(50)29(20(4)5)43-37(51)31(23(9)12-2)45-38(32)52/h13-18,20-24,27-32H,11-12,19,40H2,1-10H3,(H,41,48)(H,42,50)(H,43,51)(H,44,47)(H,45,52)(H,46,49)/b26-13-. The number of hydrogen-bond donors (Lipinski definition) is 7. The molecule has 1 aliphatic heterocycles. The summed E-state index contributed by atoms with van der Waals surface area (Å²) in [7, 11) is 0. The minimum Gasteiger partial charge on any atom is -0.458 e. The quantitative estimate of drug-likeness (QED) is 0.135. The van der Waals surface area contributed by atoms with Crippen LogP contribution in [0.2, 0.25) is 0 Å². The summed E-state index contributed by atoms with van der Waals surface area (Å²) in [6, 6.07) is 1.67. The molecule has 2 rings (SSSR count). The van der Waals surface area contributed by atoms with Crippen molar-refractivity contribution < 1.29 is 38.3 Å². The van der Waals surface area contributed by atoms with Gasteiger partial charge in [-0.05, 0) is 43.1 Å². The number of ether oxygens (including phenoxy) is 1. The van der Waals surface area contributed by atoms with Crippen LogP contribution in [0.25, 0.3) is 0 Å². The van der Waals surface area contributed by atoms with Gasteiger partial charge in [-0.3, -0.25) is 28.8 Å². The fourth-order valence-corrected chi connectivity index (χ4v) is 5.72. The van der Waals surface area contributed by atoms with Gasteiger partial charge in [0.2, 0.25) is 29.5 Å². The molecule has 0 aromatic heterocycles. The third-order valence-corrected chi connectivity index (χ3v) is 9.87. The van der Waals surface area contributed by atoms with Crippen LogP contribution in [0.15, 0.2) is 42.1 Å². The lowest BCUT2D eigenvalue weighted by Crippen LogP contribution is -2.63. The van der Waals surface area contributed by atoms with Crippen LogP contribution in [0, 0.1) is 23.7 Å². The van der Waals surface area contributed by atoms with E-state index in [1.807, 2.05) is 19.9 Å². The van der Waals surface area contributed by atoms with E-state index in [1.54, 1.807) is 65.8 Å². The van der Waals surface area contributed by atoms with Crippen LogP contribution in [-0.2, 0) is 44.7 Å². The number of nitrogens with one attached hydrogen (secondary N) is 6. The topological polar surface area (TPSA) is 227 Å². The van der Waals surface area contributed by atoms with Crippen LogP contribution in [0.3, 0.4) is 0 Å². The zero-order valence-electron chi connectivity index (χ0n) is 33.3. The number of rotatable bonds is 10. The Labute approximate surface area is 319 Å². The van der Waals surface area contributed by atoms with Crippen molar-refractivity contribution in [2.24, 2.45) is 29.4 Å². The first kappa shape index (κ1) is 45.4. The lowest BCUT2D eigenvalue weighted by Gasteiger charge is -2.32. The number of esters is 1. The third-order valence-electron chi connectivity index (χ3n) is 9.87. The van der Waals surface area contributed by atoms with E-state index >= 15 is 0 Å². The molecule has 300 valence electrons. The van der Waals surface area contributed by atoms with Crippen molar-refractivity contribution in [2.45, 2.75) is 131 Å². The Morgan fingerprint density at radius 2 is 1.37 bits per heavy atom. The molecule has 1 heterocycles. The van der Waals surface area contributed by atoms with E-state index in [2.05, 4.69) is 31.9 Å². The second-order valence-corrected chi connectivity index (χ2v) is 14.8. The molecule has 0 bridgehead atoms. The highest BCUT2D eigenvalue weighted by molar-refractivity contribution is 6.01. The first-order valence-corrected chi connectivity index (χ1v) is 18.9. The summed E-state index contributed by atoms with van der Waals surface area (Å²) in [6.07, 6.45) is 1.12. The van der Waals surface area contributed by atoms with E-state index in [9.17, 15) is 33.6 Å². The lowest BCUT2D eigenvalue weighted by atomic mass is 9.95. The molecule has 9 unspecified atom stereocenters. The summed E-state index contributed by atoms with van der Waals surface area (Å²) in [4.78, 5) is 96.4. The number of nitrogens with two attached hydrogens (primary N) is 1. The van der Waals surface area contributed by atoms with Crippen LogP contribution in [0.5, 0.6) is 0 Å². The van der Waals surface area contributed by atoms with Crippen molar-refractivity contribution in [3.8, 4) is 0 Å². The highest BCUT2D eigenvalue weighted by Gasteiger charge is 2.39. The first-order chi connectivity index (χ1) is 25.4. The fourth-order valence-electron chi connectivity index (χ4n) is 5.72. The zero-order valence-corrected chi connectivity index (χ0v) is 33.3. The number of carbonyl (C=O) groups is 7. The predicted octanol–water partition coefficient (Wildman–Crippen LogP) is 1.35. The highest BCUT2D eigenvalue weighted by Crippen LogP contribution is 2.15. The molecule has 0 aliphatic carbocycles. The normalized spacial score (nSPS) is 26.5. The van der Waals surface area contributed by atoms with E-state index < -0.39 is 102 Å². The monoisotopic (exact) mass is 755 g/mol. The Balaban J connectivity index is 2.71. The average molecular weight is 756 g/mol. The highest BCUT2D eigenvalue weighted by atomic mass is 16.5. The third kappa shape index (κ3) is 12.7. The molecule has 0 spiro atoms. The molecule has 8 N–H and O–H groups in total. The van der Waals surface area contributed by atoms with Gasteiger partial charge in [-0.2, -0.15) is 0 Å². The SMILES string of the molecule is C/C=C1\NC(=O)C(Cc2ccccc2)NC(=O)C(C(C)C)NC(=O)C(C(C)CC)NC(=O)C(NC(=O)C(N)C(C)CC)C(C)OC(=O)C(C(C)C)NC1=O. The molecule has 6 amide bonds. The van der Waals surface area contributed by atoms with Gasteiger partial charge in [0.05, 0.1) is 6.04 Å². The van der Waals surface area contributed by atoms with Crippen LogP contribution in [0.1, 0.15) is 87.6 Å². The smallest absolute Gasteiger partial charge is 0.329 e. The maximum Gasteiger partial charge on any atom is 0.329 e. The summed E-state index contributed by atoms with van der Waals surface area (Å²) in [5, 5.41) is 16.1. The van der Waals surface area contributed by atoms with Crippen LogP contribution in [0.4, 0.5) is 0 Å². The molecule has 1 aliphatic rings. The van der Waals surface area contributed by atoms with Gasteiger partial charge >= 0.3 is 5.97 Å². The van der Waals surface area contributed by atoms with Gasteiger partial charge in [0.15, 0.2) is 0 Å². The molecule has 1 fully saturated rings. The number of cyclic esters (lactones) is 1. The number of hydrogen-bond acceptors (Lipinski definition) is 9.